The number of rotatable bonds is 5. The van der Waals surface area contributed by atoms with Gasteiger partial charge in [0, 0.05) is 13.1 Å². The van der Waals surface area contributed by atoms with Crippen molar-refractivity contribution < 1.29 is 4.79 Å². The summed E-state index contributed by atoms with van der Waals surface area (Å²) < 4.78 is 0. The SMILES string of the molecule is NCC1(C(=O)NCCc2ccsc2)CCCCC1. The van der Waals surface area contributed by atoms with Gasteiger partial charge < -0.3 is 11.1 Å². The van der Waals surface area contributed by atoms with Gasteiger partial charge in [-0.15, -0.1) is 0 Å². The van der Waals surface area contributed by atoms with Crippen LogP contribution < -0.4 is 11.1 Å². The fraction of sp³-hybridized carbons (Fsp3) is 0.643. The lowest BCUT2D eigenvalue weighted by Gasteiger charge is -2.34. The van der Waals surface area contributed by atoms with E-state index in [4.69, 9.17) is 5.73 Å². The quantitative estimate of drug-likeness (QED) is 0.859. The molecule has 1 aliphatic rings. The number of hydrogen-bond donors (Lipinski definition) is 2. The topological polar surface area (TPSA) is 55.1 Å². The number of carbonyl (C=O) groups is 1. The third-order valence-electron chi connectivity index (χ3n) is 3.96. The largest absolute Gasteiger partial charge is 0.355 e. The predicted octanol–water partition coefficient (Wildman–Crippen LogP) is 2.32. The minimum absolute atomic E-state index is 0.167. The molecule has 3 nitrogen and oxygen atoms in total. The van der Waals surface area contributed by atoms with Crippen molar-refractivity contribution in [2.24, 2.45) is 11.1 Å². The predicted molar refractivity (Wildman–Crippen MR) is 75.6 cm³/mol. The van der Waals surface area contributed by atoms with Crippen LogP contribution >= 0.6 is 11.3 Å². The van der Waals surface area contributed by atoms with Crippen LogP contribution in [0.4, 0.5) is 0 Å². The summed E-state index contributed by atoms with van der Waals surface area (Å²) in [6.45, 7) is 1.20. The highest BCUT2D eigenvalue weighted by molar-refractivity contribution is 7.07. The van der Waals surface area contributed by atoms with Crippen LogP contribution in [0.5, 0.6) is 0 Å². The molecule has 1 aromatic rings. The molecule has 0 aromatic carbocycles. The Balaban J connectivity index is 1.82. The first-order valence-electron chi connectivity index (χ1n) is 6.76. The average Bonchev–Trinajstić information content (AvgIpc) is 2.92. The Morgan fingerprint density at radius 1 is 1.39 bits per heavy atom. The Labute approximate surface area is 113 Å². The van der Waals surface area contributed by atoms with Crippen molar-refractivity contribution >= 4 is 17.2 Å². The van der Waals surface area contributed by atoms with E-state index < -0.39 is 0 Å². The van der Waals surface area contributed by atoms with Crippen molar-refractivity contribution in [2.45, 2.75) is 38.5 Å². The molecule has 0 aliphatic heterocycles. The first-order chi connectivity index (χ1) is 8.77. The summed E-state index contributed by atoms with van der Waals surface area (Å²) in [7, 11) is 0. The van der Waals surface area contributed by atoms with Gasteiger partial charge in [0.1, 0.15) is 0 Å². The molecule has 0 radical (unpaired) electrons. The van der Waals surface area contributed by atoms with Gasteiger partial charge in [-0.3, -0.25) is 4.79 Å². The van der Waals surface area contributed by atoms with Crippen LogP contribution in [-0.4, -0.2) is 19.0 Å². The zero-order valence-electron chi connectivity index (χ0n) is 10.8. The van der Waals surface area contributed by atoms with E-state index in [-0.39, 0.29) is 11.3 Å². The lowest BCUT2D eigenvalue weighted by atomic mass is 9.73. The van der Waals surface area contributed by atoms with Crippen LogP contribution in [0.15, 0.2) is 16.8 Å². The van der Waals surface area contributed by atoms with E-state index in [0.29, 0.717) is 6.54 Å². The van der Waals surface area contributed by atoms with Crippen LogP contribution in [0, 0.1) is 5.41 Å². The minimum atomic E-state index is -0.285. The Morgan fingerprint density at radius 3 is 2.78 bits per heavy atom. The molecule has 0 spiro atoms. The molecule has 1 aliphatic carbocycles. The summed E-state index contributed by atoms with van der Waals surface area (Å²) in [6.07, 6.45) is 6.33. The van der Waals surface area contributed by atoms with Gasteiger partial charge in [-0.05, 0) is 41.7 Å². The second kappa shape index (κ2) is 6.34. The lowest BCUT2D eigenvalue weighted by molar-refractivity contribution is -0.132. The van der Waals surface area contributed by atoms with Crippen molar-refractivity contribution in [3.05, 3.63) is 22.4 Å². The van der Waals surface area contributed by atoms with Gasteiger partial charge in [-0.25, -0.2) is 0 Å². The van der Waals surface area contributed by atoms with Crippen molar-refractivity contribution in [1.29, 1.82) is 0 Å². The number of hydrogen-bond acceptors (Lipinski definition) is 3. The molecule has 4 heteroatoms. The molecule has 0 atom stereocenters. The standard InChI is InChI=1S/C14H22N2OS/c15-11-14(6-2-1-3-7-14)13(17)16-8-4-12-5-9-18-10-12/h5,9-10H,1-4,6-8,11,15H2,(H,16,17). The zero-order valence-corrected chi connectivity index (χ0v) is 11.6. The fourth-order valence-corrected chi connectivity index (χ4v) is 3.40. The van der Waals surface area contributed by atoms with Gasteiger partial charge in [-0.1, -0.05) is 19.3 Å². The van der Waals surface area contributed by atoms with Crippen molar-refractivity contribution in [2.75, 3.05) is 13.1 Å². The maximum absolute atomic E-state index is 12.3. The Morgan fingerprint density at radius 2 is 2.17 bits per heavy atom. The number of thiophene rings is 1. The molecule has 18 heavy (non-hydrogen) atoms. The Bertz CT molecular complexity index is 369. The maximum atomic E-state index is 12.3. The average molecular weight is 266 g/mol. The van der Waals surface area contributed by atoms with Gasteiger partial charge in [0.25, 0.3) is 0 Å². The van der Waals surface area contributed by atoms with Gasteiger partial charge in [-0.2, -0.15) is 11.3 Å². The minimum Gasteiger partial charge on any atom is -0.355 e. The van der Waals surface area contributed by atoms with Crippen LogP contribution in [-0.2, 0) is 11.2 Å². The third kappa shape index (κ3) is 3.12. The summed E-state index contributed by atoms with van der Waals surface area (Å²) in [6, 6.07) is 2.11. The molecule has 2 rings (SSSR count). The third-order valence-corrected chi connectivity index (χ3v) is 4.69. The van der Waals surface area contributed by atoms with E-state index >= 15 is 0 Å². The van der Waals surface area contributed by atoms with E-state index in [9.17, 15) is 4.79 Å². The molecule has 1 aromatic heterocycles. The second-order valence-corrected chi connectivity index (χ2v) is 5.96. The van der Waals surface area contributed by atoms with Crippen LogP contribution in [0.25, 0.3) is 0 Å². The van der Waals surface area contributed by atoms with Gasteiger partial charge in [0.05, 0.1) is 5.41 Å². The highest BCUT2D eigenvalue weighted by Gasteiger charge is 2.37. The molecular weight excluding hydrogens is 244 g/mol. The Kier molecular flexibility index (Phi) is 4.78. The summed E-state index contributed by atoms with van der Waals surface area (Å²) in [5.74, 6) is 0.167. The van der Waals surface area contributed by atoms with E-state index in [1.807, 2.05) is 0 Å². The molecule has 0 saturated heterocycles. The van der Waals surface area contributed by atoms with Crippen LogP contribution in [0.2, 0.25) is 0 Å². The van der Waals surface area contributed by atoms with Crippen molar-refractivity contribution in [3.63, 3.8) is 0 Å². The van der Waals surface area contributed by atoms with E-state index in [1.165, 1.54) is 12.0 Å². The number of carbonyl (C=O) groups excluding carboxylic acids is 1. The smallest absolute Gasteiger partial charge is 0.227 e. The van der Waals surface area contributed by atoms with Gasteiger partial charge >= 0.3 is 0 Å². The summed E-state index contributed by atoms with van der Waals surface area (Å²) >= 11 is 1.70. The van der Waals surface area contributed by atoms with Crippen LogP contribution in [0.3, 0.4) is 0 Å². The highest BCUT2D eigenvalue weighted by Crippen LogP contribution is 2.35. The summed E-state index contributed by atoms with van der Waals surface area (Å²) in [5, 5.41) is 7.27. The Hall–Kier alpha value is -0.870. The van der Waals surface area contributed by atoms with Crippen LogP contribution in [0.1, 0.15) is 37.7 Å². The first kappa shape index (κ1) is 13.6. The highest BCUT2D eigenvalue weighted by atomic mass is 32.1. The van der Waals surface area contributed by atoms with E-state index in [2.05, 4.69) is 22.1 Å². The number of amides is 1. The normalized spacial score (nSPS) is 18.5. The van der Waals surface area contributed by atoms with E-state index in [1.54, 1.807) is 11.3 Å². The molecule has 1 heterocycles. The summed E-state index contributed by atoms with van der Waals surface area (Å²) in [4.78, 5) is 12.3. The number of nitrogens with two attached hydrogens (primary N) is 1. The molecular formula is C14H22N2OS. The monoisotopic (exact) mass is 266 g/mol. The van der Waals surface area contributed by atoms with Crippen molar-refractivity contribution in [3.8, 4) is 0 Å². The molecule has 1 amide bonds. The molecule has 0 unspecified atom stereocenters. The number of nitrogens with one attached hydrogen (secondary N) is 1. The first-order valence-corrected chi connectivity index (χ1v) is 7.71. The molecule has 3 N–H and O–H groups in total. The molecule has 100 valence electrons. The fourth-order valence-electron chi connectivity index (χ4n) is 2.70. The van der Waals surface area contributed by atoms with Crippen molar-refractivity contribution in [1.82, 2.24) is 5.32 Å². The molecule has 0 bridgehead atoms. The maximum Gasteiger partial charge on any atom is 0.227 e. The van der Waals surface area contributed by atoms with Gasteiger partial charge in [0.15, 0.2) is 0 Å². The lowest BCUT2D eigenvalue weighted by Crippen LogP contribution is -2.47. The molecule has 1 fully saturated rings. The van der Waals surface area contributed by atoms with E-state index in [0.717, 1.165) is 38.6 Å². The molecule has 1 saturated carbocycles. The zero-order chi connectivity index (χ0) is 12.8. The second-order valence-electron chi connectivity index (χ2n) is 5.18. The van der Waals surface area contributed by atoms with Gasteiger partial charge in [0.2, 0.25) is 5.91 Å². The summed E-state index contributed by atoms with van der Waals surface area (Å²) in [5.41, 5.74) is 6.86.